The molecule has 0 saturated carbocycles. The summed E-state index contributed by atoms with van der Waals surface area (Å²) < 4.78 is 39.8. The van der Waals surface area contributed by atoms with Gasteiger partial charge in [-0.05, 0) is 38.0 Å². The van der Waals surface area contributed by atoms with Gasteiger partial charge in [0.15, 0.2) is 5.13 Å². The maximum Gasteiger partial charge on any atom is 0.453 e. The number of rotatable bonds is 5. The number of aromatic nitrogens is 6. The summed E-state index contributed by atoms with van der Waals surface area (Å²) >= 11 is 1.30. The van der Waals surface area contributed by atoms with Gasteiger partial charge in [-0.1, -0.05) is 0 Å². The zero-order valence-electron chi connectivity index (χ0n) is 16.4. The number of nitrogens with zero attached hydrogens (tertiary/aromatic N) is 6. The van der Waals surface area contributed by atoms with Crippen molar-refractivity contribution in [1.29, 1.82) is 0 Å². The number of fused-ring (bicyclic) bond motifs is 1. The molecule has 160 valence electrons. The van der Waals surface area contributed by atoms with Crippen molar-refractivity contribution in [2.75, 3.05) is 5.32 Å². The van der Waals surface area contributed by atoms with Gasteiger partial charge < -0.3 is 5.32 Å². The Hall–Kier alpha value is -3.41. The number of hydrogen-bond acceptors (Lipinski definition) is 7. The molecule has 0 aliphatic carbocycles. The van der Waals surface area contributed by atoms with Gasteiger partial charge in [-0.3, -0.25) is 9.78 Å². The van der Waals surface area contributed by atoms with Crippen LogP contribution in [0.2, 0.25) is 0 Å². The van der Waals surface area contributed by atoms with E-state index in [2.05, 4.69) is 30.4 Å². The molecule has 0 aromatic carbocycles. The minimum atomic E-state index is -4.66. The van der Waals surface area contributed by atoms with E-state index in [0.29, 0.717) is 27.8 Å². The zero-order valence-corrected chi connectivity index (χ0v) is 17.3. The van der Waals surface area contributed by atoms with Crippen molar-refractivity contribution in [2.24, 2.45) is 0 Å². The summed E-state index contributed by atoms with van der Waals surface area (Å²) in [6.45, 7) is 3.30. The van der Waals surface area contributed by atoms with Gasteiger partial charge in [0.05, 0.1) is 5.69 Å². The van der Waals surface area contributed by atoms with Crippen LogP contribution >= 0.6 is 11.3 Å². The SMILES string of the molecule is Cc1nc2nc(C(F)(F)F)nn2c(C)c1CCC(=O)Nc1nc(-c2cccnc2)cs1. The molecule has 0 bridgehead atoms. The van der Waals surface area contributed by atoms with Gasteiger partial charge in [0.2, 0.25) is 5.91 Å². The number of hydrogen-bond donors (Lipinski definition) is 1. The molecule has 4 rings (SSSR count). The highest BCUT2D eigenvalue weighted by Crippen LogP contribution is 2.27. The number of nitrogens with one attached hydrogen (secondary N) is 1. The molecule has 12 heteroatoms. The second-order valence-electron chi connectivity index (χ2n) is 6.73. The summed E-state index contributed by atoms with van der Waals surface area (Å²) in [6.07, 6.45) is -0.913. The number of pyridine rings is 1. The third-order valence-corrected chi connectivity index (χ3v) is 5.37. The van der Waals surface area contributed by atoms with Gasteiger partial charge in [0, 0.05) is 41.1 Å². The number of carbonyl (C=O) groups is 1. The van der Waals surface area contributed by atoms with Crippen molar-refractivity contribution >= 4 is 28.2 Å². The molecule has 1 N–H and O–H groups in total. The number of amides is 1. The smallest absolute Gasteiger partial charge is 0.302 e. The first-order valence-corrected chi connectivity index (χ1v) is 10.1. The van der Waals surface area contributed by atoms with Gasteiger partial charge in [-0.25, -0.2) is 14.5 Å². The van der Waals surface area contributed by atoms with E-state index in [1.807, 2.05) is 11.4 Å². The fourth-order valence-corrected chi connectivity index (χ4v) is 3.82. The van der Waals surface area contributed by atoms with Crippen LogP contribution in [0.4, 0.5) is 18.3 Å². The molecular weight excluding hydrogens is 431 g/mol. The Balaban J connectivity index is 1.46. The van der Waals surface area contributed by atoms with Crippen molar-refractivity contribution < 1.29 is 18.0 Å². The summed E-state index contributed by atoms with van der Waals surface area (Å²) in [5.41, 5.74) is 3.17. The van der Waals surface area contributed by atoms with Crippen LogP contribution in [0.25, 0.3) is 17.0 Å². The summed E-state index contributed by atoms with van der Waals surface area (Å²) in [5.74, 6) is -1.63. The molecule has 4 heterocycles. The first kappa shape index (κ1) is 20.8. The predicted octanol–water partition coefficient (Wildman–Crippen LogP) is 3.85. The lowest BCUT2D eigenvalue weighted by Crippen LogP contribution is -2.14. The standard InChI is InChI=1S/C19H16F3N7OS/c1-10-13(11(2)29-17(24-10)27-16(28-29)19(20,21)22)5-6-15(30)26-18-25-14(9-31-18)12-4-3-7-23-8-12/h3-4,7-9H,5-6H2,1-2H3,(H,25,26,30). The fraction of sp³-hybridized carbons (Fsp3) is 0.263. The lowest BCUT2D eigenvalue weighted by Gasteiger charge is -2.10. The normalized spacial score (nSPS) is 11.8. The molecule has 1 amide bonds. The number of anilines is 1. The number of carbonyl (C=O) groups excluding carboxylic acids is 1. The third-order valence-electron chi connectivity index (χ3n) is 4.61. The van der Waals surface area contributed by atoms with Gasteiger partial charge in [0.1, 0.15) is 0 Å². The minimum Gasteiger partial charge on any atom is -0.302 e. The monoisotopic (exact) mass is 447 g/mol. The average Bonchev–Trinajstić information content (AvgIpc) is 3.35. The third kappa shape index (κ3) is 4.38. The Morgan fingerprint density at radius 1 is 1.23 bits per heavy atom. The topological polar surface area (TPSA) is 98.0 Å². The highest BCUT2D eigenvalue weighted by molar-refractivity contribution is 7.14. The first-order valence-electron chi connectivity index (χ1n) is 9.18. The molecule has 0 saturated heterocycles. The van der Waals surface area contributed by atoms with Crippen LogP contribution in [0.15, 0.2) is 29.9 Å². The Labute approximate surface area is 178 Å². The van der Waals surface area contributed by atoms with E-state index in [1.54, 1.807) is 32.3 Å². The molecule has 0 atom stereocenters. The Kier molecular flexibility index (Phi) is 5.39. The van der Waals surface area contributed by atoms with Crippen LogP contribution in [0.3, 0.4) is 0 Å². The number of halogens is 3. The Morgan fingerprint density at radius 3 is 2.74 bits per heavy atom. The molecule has 4 aromatic rings. The van der Waals surface area contributed by atoms with Crippen LogP contribution in [-0.4, -0.2) is 35.5 Å². The summed E-state index contributed by atoms with van der Waals surface area (Å²) in [4.78, 5) is 28.4. The van der Waals surface area contributed by atoms with Gasteiger partial charge >= 0.3 is 6.18 Å². The number of alkyl halides is 3. The second-order valence-corrected chi connectivity index (χ2v) is 7.59. The largest absolute Gasteiger partial charge is 0.453 e. The van der Waals surface area contributed by atoms with E-state index < -0.39 is 12.0 Å². The molecule has 8 nitrogen and oxygen atoms in total. The predicted molar refractivity (Wildman–Crippen MR) is 108 cm³/mol. The molecule has 0 fully saturated rings. The number of thiazole rings is 1. The molecule has 0 aliphatic rings. The van der Waals surface area contributed by atoms with Crippen molar-refractivity contribution in [3.05, 3.63) is 52.7 Å². The summed E-state index contributed by atoms with van der Waals surface area (Å²) in [7, 11) is 0. The zero-order chi connectivity index (χ0) is 22.2. The van der Waals surface area contributed by atoms with Crippen LogP contribution in [-0.2, 0) is 17.4 Å². The van der Waals surface area contributed by atoms with Crippen LogP contribution < -0.4 is 5.32 Å². The second kappa shape index (κ2) is 8.02. The summed E-state index contributed by atoms with van der Waals surface area (Å²) in [6, 6.07) is 3.67. The number of aryl methyl sites for hydroxylation is 2. The highest BCUT2D eigenvalue weighted by atomic mass is 32.1. The first-order chi connectivity index (χ1) is 14.7. The van der Waals surface area contributed by atoms with E-state index in [1.165, 1.54) is 11.3 Å². The lowest BCUT2D eigenvalue weighted by atomic mass is 10.1. The van der Waals surface area contributed by atoms with E-state index in [9.17, 15) is 18.0 Å². The molecule has 4 aromatic heterocycles. The minimum absolute atomic E-state index is 0.109. The Bertz CT molecular complexity index is 1250. The molecule has 0 aliphatic heterocycles. The van der Waals surface area contributed by atoms with Crippen molar-refractivity contribution in [2.45, 2.75) is 32.9 Å². The quantitative estimate of drug-likeness (QED) is 0.499. The Morgan fingerprint density at radius 2 is 2.03 bits per heavy atom. The van der Waals surface area contributed by atoms with E-state index in [4.69, 9.17) is 0 Å². The molecule has 0 radical (unpaired) electrons. The van der Waals surface area contributed by atoms with Crippen LogP contribution in [0, 0.1) is 13.8 Å². The summed E-state index contributed by atoms with van der Waals surface area (Å²) in [5, 5.41) is 8.54. The average molecular weight is 447 g/mol. The van der Waals surface area contributed by atoms with E-state index in [-0.39, 0.29) is 24.5 Å². The van der Waals surface area contributed by atoms with Crippen LogP contribution in [0.5, 0.6) is 0 Å². The maximum absolute atomic E-state index is 12.9. The van der Waals surface area contributed by atoms with Gasteiger partial charge in [0.25, 0.3) is 11.6 Å². The van der Waals surface area contributed by atoms with E-state index in [0.717, 1.165) is 10.1 Å². The molecule has 31 heavy (non-hydrogen) atoms. The van der Waals surface area contributed by atoms with Crippen LogP contribution in [0.1, 0.15) is 29.2 Å². The van der Waals surface area contributed by atoms with Crippen molar-refractivity contribution in [3.63, 3.8) is 0 Å². The van der Waals surface area contributed by atoms with E-state index >= 15 is 0 Å². The maximum atomic E-state index is 12.9. The van der Waals surface area contributed by atoms with Gasteiger partial charge in [-0.15, -0.1) is 16.4 Å². The molecular formula is C19H16F3N7OS. The fourth-order valence-electron chi connectivity index (χ4n) is 3.09. The molecule has 0 unspecified atom stereocenters. The van der Waals surface area contributed by atoms with Crippen molar-refractivity contribution in [3.8, 4) is 11.3 Å². The molecule has 0 spiro atoms. The lowest BCUT2D eigenvalue weighted by molar-refractivity contribution is -0.144. The van der Waals surface area contributed by atoms with Gasteiger partial charge in [-0.2, -0.15) is 18.2 Å². The van der Waals surface area contributed by atoms with Crippen molar-refractivity contribution in [1.82, 2.24) is 29.5 Å². The highest BCUT2D eigenvalue weighted by Gasteiger charge is 2.37.